The largest absolute Gasteiger partial charge is 0.485 e. The number of hydrogen-bond acceptors (Lipinski definition) is 13. The lowest BCUT2D eigenvalue weighted by Crippen LogP contribution is -2.33. The first-order valence-electron chi connectivity index (χ1n) is 13.1. The van der Waals surface area contributed by atoms with Gasteiger partial charge in [-0.1, -0.05) is 0 Å². The summed E-state index contributed by atoms with van der Waals surface area (Å²) in [7, 11) is 0. The summed E-state index contributed by atoms with van der Waals surface area (Å²) in [6.07, 6.45) is -0.168. The Kier molecular flexibility index (Phi) is 14.5. The van der Waals surface area contributed by atoms with Gasteiger partial charge in [0.05, 0.1) is 92.5 Å². The van der Waals surface area contributed by atoms with Gasteiger partial charge in [-0.3, -0.25) is 0 Å². The van der Waals surface area contributed by atoms with Gasteiger partial charge in [-0.25, -0.2) is 0 Å². The first-order chi connectivity index (χ1) is 19.4. The number of hydrogen-bond donors (Lipinski definition) is 0. The Labute approximate surface area is 237 Å². The SMILES string of the molecule is c1scc2c1OCC(COCCOCCOCCOCCOCCOCCOCC1COc3cscc3O1)O2. The average molecular weight is 591 g/mol. The highest BCUT2D eigenvalue weighted by Gasteiger charge is 2.22. The molecule has 0 aliphatic carbocycles. The van der Waals surface area contributed by atoms with E-state index in [0.29, 0.717) is 106 Å². The second kappa shape index (κ2) is 18.6. The smallest absolute Gasteiger partial charge is 0.172 e. The first-order valence-corrected chi connectivity index (χ1v) is 15.0. The van der Waals surface area contributed by atoms with Crippen LogP contribution in [0.15, 0.2) is 21.5 Å². The van der Waals surface area contributed by atoms with Crippen molar-refractivity contribution >= 4 is 22.7 Å². The molecule has 2 unspecified atom stereocenters. The first kappa shape index (κ1) is 30.3. The van der Waals surface area contributed by atoms with Crippen molar-refractivity contribution < 1.29 is 52.1 Å². The van der Waals surface area contributed by atoms with Crippen molar-refractivity contribution in [2.75, 3.05) is 106 Å². The van der Waals surface area contributed by atoms with Crippen molar-refractivity contribution in [2.45, 2.75) is 12.2 Å². The van der Waals surface area contributed by atoms with Crippen LogP contribution in [0.5, 0.6) is 23.0 Å². The van der Waals surface area contributed by atoms with Crippen LogP contribution in [0.1, 0.15) is 0 Å². The zero-order chi connectivity index (χ0) is 26.8. The molecule has 0 spiro atoms. The monoisotopic (exact) mass is 590 g/mol. The highest BCUT2D eigenvalue weighted by atomic mass is 32.1. The van der Waals surface area contributed by atoms with Crippen LogP contribution in [0.2, 0.25) is 0 Å². The molecule has 220 valence electrons. The Morgan fingerprint density at radius 1 is 0.462 bits per heavy atom. The van der Waals surface area contributed by atoms with E-state index in [9.17, 15) is 0 Å². The van der Waals surface area contributed by atoms with E-state index < -0.39 is 0 Å². The Morgan fingerprint density at radius 2 is 0.769 bits per heavy atom. The maximum Gasteiger partial charge on any atom is 0.172 e. The van der Waals surface area contributed by atoms with Crippen molar-refractivity contribution in [1.29, 1.82) is 0 Å². The summed E-state index contributed by atoms with van der Waals surface area (Å²) in [4.78, 5) is 0. The molecule has 4 rings (SSSR count). The third-order valence-corrected chi connectivity index (χ3v) is 6.86. The zero-order valence-electron chi connectivity index (χ0n) is 22.1. The molecule has 2 aliphatic heterocycles. The minimum atomic E-state index is -0.0841. The molecule has 13 heteroatoms. The molecule has 2 aromatic rings. The van der Waals surface area contributed by atoms with Crippen molar-refractivity contribution in [3.8, 4) is 23.0 Å². The van der Waals surface area contributed by atoms with Crippen LogP contribution >= 0.6 is 22.7 Å². The molecule has 0 radical (unpaired) electrons. The van der Waals surface area contributed by atoms with Gasteiger partial charge in [-0.05, 0) is 0 Å². The van der Waals surface area contributed by atoms with E-state index >= 15 is 0 Å². The van der Waals surface area contributed by atoms with E-state index in [1.165, 1.54) is 0 Å². The number of fused-ring (bicyclic) bond motifs is 2. The Hall–Kier alpha value is -1.68. The van der Waals surface area contributed by atoms with Gasteiger partial charge < -0.3 is 52.1 Å². The summed E-state index contributed by atoms with van der Waals surface area (Å²) >= 11 is 3.13. The molecule has 2 aliphatic rings. The second-order valence-electron chi connectivity index (χ2n) is 8.51. The Balaban J connectivity index is 0.807. The van der Waals surface area contributed by atoms with Crippen LogP contribution in [0.25, 0.3) is 0 Å². The Bertz CT molecular complexity index is 823. The summed E-state index contributed by atoms with van der Waals surface area (Å²) in [6, 6.07) is 0. The number of thiophene rings is 2. The van der Waals surface area contributed by atoms with Crippen LogP contribution in [0, 0.1) is 0 Å². The minimum Gasteiger partial charge on any atom is -0.485 e. The molecule has 0 fully saturated rings. The predicted molar refractivity (Wildman–Crippen MR) is 144 cm³/mol. The topological polar surface area (TPSA) is 102 Å². The molecule has 0 amide bonds. The fraction of sp³-hybridized carbons (Fsp3) is 0.692. The fourth-order valence-electron chi connectivity index (χ4n) is 3.53. The maximum absolute atomic E-state index is 5.80. The molecule has 0 bridgehead atoms. The quantitative estimate of drug-likeness (QED) is 0.189. The summed E-state index contributed by atoms with van der Waals surface area (Å²) in [5, 5.41) is 7.75. The van der Waals surface area contributed by atoms with Gasteiger partial charge in [0.15, 0.2) is 35.2 Å². The zero-order valence-corrected chi connectivity index (χ0v) is 23.7. The summed E-state index contributed by atoms with van der Waals surface area (Å²) in [5.41, 5.74) is 0. The normalized spacial score (nSPS) is 17.9. The van der Waals surface area contributed by atoms with Gasteiger partial charge in [0, 0.05) is 21.5 Å². The van der Waals surface area contributed by atoms with Gasteiger partial charge in [0.25, 0.3) is 0 Å². The second-order valence-corrected chi connectivity index (χ2v) is 10.0. The lowest BCUT2D eigenvalue weighted by Gasteiger charge is -2.24. The molecule has 2 atom stereocenters. The molecular formula is C26H38O11S2. The molecular weight excluding hydrogens is 552 g/mol. The number of ether oxygens (including phenoxy) is 11. The summed E-state index contributed by atoms with van der Waals surface area (Å²) in [5.74, 6) is 3.22. The molecule has 0 saturated heterocycles. The van der Waals surface area contributed by atoms with E-state index in [1.807, 2.05) is 21.5 Å². The van der Waals surface area contributed by atoms with Crippen LogP contribution in [0.4, 0.5) is 0 Å². The van der Waals surface area contributed by atoms with E-state index in [2.05, 4.69) is 0 Å². The van der Waals surface area contributed by atoms with Gasteiger partial charge >= 0.3 is 0 Å². The predicted octanol–water partition coefficient (Wildman–Crippen LogP) is 2.91. The number of rotatable bonds is 22. The van der Waals surface area contributed by atoms with Crippen LogP contribution in [0.3, 0.4) is 0 Å². The van der Waals surface area contributed by atoms with Crippen LogP contribution in [-0.4, -0.2) is 118 Å². The minimum absolute atomic E-state index is 0.0841. The molecule has 0 N–H and O–H groups in total. The lowest BCUT2D eigenvalue weighted by atomic mass is 10.3. The maximum atomic E-state index is 5.80. The molecule has 39 heavy (non-hydrogen) atoms. The van der Waals surface area contributed by atoms with Gasteiger partial charge in [0.2, 0.25) is 0 Å². The van der Waals surface area contributed by atoms with Crippen LogP contribution < -0.4 is 18.9 Å². The molecule has 11 nitrogen and oxygen atoms in total. The highest BCUT2D eigenvalue weighted by molar-refractivity contribution is 7.08. The van der Waals surface area contributed by atoms with Gasteiger partial charge in [-0.15, -0.1) is 22.7 Å². The molecule has 0 aromatic carbocycles. The third kappa shape index (κ3) is 11.8. The van der Waals surface area contributed by atoms with Crippen molar-refractivity contribution in [1.82, 2.24) is 0 Å². The van der Waals surface area contributed by atoms with Crippen molar-refractivity contribution in [2.24, 2.45) is 0 Å². The molecule has 2 aromatic heterocycles. The fourth-order valence-corrected chi connectivity index (χ4v) is 4.88. The lowest BCUT2D eigenvalue weighted by molar-refractivity contribution is -0.0328. The van der Waals surface area contributed by atoms with E-state index in [1.54, 1.807) is 22.7 Å². The van der Waals surface area contributed by atoms with E-state index in [4.69, 9.17) is 52.1 Å². The van der Waals surface area contributed by atoms with E-state index in [0.717, 1.165) is 23.0 Å². The van der Waals surface area contributed by atoms with Gasteiger partial charge in [0.1, 0.15) is 13.2 Å². The highest BCUT2D eigenvalue weighted by Crippen LogP contribution is 2.36. The van der Waals surface area contributed by atoms with Crippen molar-refractivity contribution in [3.63, 3.8) is 0 Å². The van der Waals surface area contributed by atoms with Crippen molar-refractivity contribution in [3.05, 3.63) is 21.5 Å². The van der Waals surface area contributed by atoms with E-state index in [-0.39, 0.29) is 12.2 Å². The molecule has 4 heterocycles. The third-order valence-electron chi connectivity index (χ3n) is 5.46. The summed E-state index contributed by atoms with van der Waals surface area (Å²) < 4.78 is 61.5. The molecule has 0 saturated carbocycles. The average Bonchev–Trinajstić information content (AvgIpc) is 3.63. The van der Waals surface area contributed by atoms with Gasteiger partial charge in [-0.2, -0.15) is 0 Å². The standard InChI is InChI=1S/C26H38O11S2/c1(3-28-5-7-30-9-11-32-13-21-15-34-23-17-38-19-25(23)36-21)27-2-4-29-6-8-31-10-12-33-14-22-16-35-24-18-39-20-26(24)37-22/h17-22H,1-16H2. The van der Waals surface area contributed by atoms with Crippen LogP contribution in [-0.2, 0) is 33.2 Å². The Morgan fingerprint density at radius 3 is 1.13 bits per heavy atom. The summed E-state index contributed by atoms with van der Waals surface area (Å²) in [6.45, 7) is 8.07.